The number of nitrogens with zero attached hydrogens (tertiary/aromatic N) is 4. The van der Waals surface area contributed by atoms with E-state index in [9.17, 15) is 23.2 Å². The van der Waals surface area contributed by atoms with Gasteiger partial charge >= 0.3 is 6.18 Å². The number of guanidine groups is 1. The van der Waals surface area contributed by atoms with Gasteiger partial charge in [-0.1, -0.05) is 13.0 Å². The molecule has 1 amide bonds. The van der Waals surface area contributed by atoms with Gasteiger partial charge in [0.2, 0.25) is 11.9 Å². The van der Waals surface area contributed by atoms with Crippen molar-refractivity contribution in [1.82, 2.24) is 10.2 Å². The Hall–Kier alpha value is -2.76. The van der Waals surface area contributed by atoms with E-state index in [-0.39, 0.29) is 5.91 Å². The molecule has 2 aliphatic heterocycles. The van der Waals surface area contributed by atoms with Crippen LogP contribution in [-0.4, -0.2) is 48.5 Å². The number of nitrogens with one attached hydrogen (secondary N) is 1. The Labute approximate surface area is 179 Å². The van der Waals surface area contributed by atoms with Crippen LogP contribution in [-0.2, 0) is 11.0 Å². The van der Waals surface area contributed by atoms with Gasteiger partial charge in [-0.25, -0.2) is 4.99 Å². The molecule has 4 rings (SSSR count). The molecule has 0 bridgehead atoms. The van der Waals surface area contributed by atoms with Crippen LogP contribution in [0.15, 0.2) is 29.3 Å². The minimum atomic E-state index is -4.37. The number of alkyl halides is 3. The largest absolute Gasteiger partial charge is 0.416 e. The summed E-state index contributed by atoms with van der Waals surface area (Å²) < 4.78 is 39.1. The van der Waals surface area contributed by atoms with Crippen molar-refractivity contribution in [3.8, 4) is 6.07 Å². The summed E-state index contributed by atoms with van der Waals surface area (Å²) in [6, 6.07) is 7.51. The van der Waals surface area contributed by atoms with E-state index in [1.807, 2.05) is 9.80 Å². The van der Waals surface area contributed by atoms with Crippen molar-refractivity contribution >= 4 is 17.6 Å². The minimum absolute atomic E-state index is 0.303. The molecule has 1 atom stereocenters. The quantitative estimate of drug-likeness (QED) is 0.737. The first-order chi connectivity index (χ1) is 14.7. The Bertz CT molecular complexity index is 906. The first kappa shape index (κ1) is 21.5. The van der Waals surface area contributed by atoms with Gasteiger partial charge < -0.3 is 9.80 Å². The second-order valence-corrected chi connectivity index (χ2v) is 8.80. The van der Waals surface area contributed by atoms with Gasteiger partial charge in [0.15, 0.2) is 5.92 Å². The van der Waals surface area contributed by atoms with E-state index < -0.39 is 23.2 Å². The molecule has 9 heteroatoms. The van der Waals surface area contributed by atoms with Crippen molar-refractivity contribution in [2.75, 3.05) is 31.1 Å². The number of halogens is 3. The van der Waals surface area contributed by atoms with E-state index in [1.54, 1.807) is 6.07 Å². The van der Waals surface area contributed by atoms with E-state index in [0.717, 1.165) is 18.9 Å². The molecular formula is C22H26F3N5O. The summed E-state index contributed by atoms with van der Waals surface area (Å²) in [5.74, 6) is -0.0307. The Balaban J connectivity index is 1.49. The third-order valence-corrected chi connectivity index (χ3v) is 6.75. The highest BCUT2D eigenvalue weighted by atomic mass is 19.4. The normalized spacial score (nSPS) is 29.4. The molecule has 1 N–H and O–H groups in total. The number of aliphatic imine (C=N–C) groups is 1. The molecule has 1 saturated carbocycles. The van der Waals surface area contributed by atoms with Crippen LogP contribution in [0.5, 0.6) is 0 Å². The highest BCUT2D eigenvalue weighted by Crippen LogP contribution is 2.42. The molecule has 1 unspecified atom stereocenters. The molecule has 6 nitrogen and oxygen atoms in total. The Morgan fingerprint density at radius 2 is 1.81 bits per heavy atom. The Morgan fingerprint density at radius 1 is 1.16 bits per heavy atom. The van der Waals surface area contributed by atoms with Crippen molar-refractivity contribution in [3.05, 3.63) is 29.8 Å². The number of benzene rings is 1. The average Bonchev–Trinajstić information content (AvgIpc) is 2.75. The van der Waals surface area contributed by atoms with E-state index in [4.69, 9.17) is 4.99 Å². The van der Waals surface area contributed by atoms with Crippen molar-refractivity contribution in [3.63, 3.8) is 0 Å². The van der Waals surface area contributed by atoms with Crippen molar-refractivity contribution in [2.45, 2.75) is 44.3 Å². The number of anilines is 1. The molecule has 1 saturated heterocycles. The smallest absolute Gasteiger partial charge is 0.368 e. The predicted octanol–water partition coefficient (Wildman–Crippen LogP) is 3.40. The van der Waals surface area contributed by atoms with Crippen LogP contribution in [0, 0.1) is 23.2 Å². The monoisotopic (exact) mass is 433 g/mol. The highest BCUT2D eigenvalue weighted by Gasteiger charge is 2.49. The van der Waals surface area contributed by atoms with Crippen LogP contribution >= 0.6 is 0 Å². The fourth-order valence-corrected chi connectivity index (χ4v) is 4.78. The molecular weight excluding hydrogens is 407 g/mol. The molecule has 31 heavy (non-hydrogen) atoms. The number of rotatable bonds is 1. The molecule has 2 fully saturated rings. The zero-order valence-electron chi connectivity index (χ0n) is 17.5. The van der Waals surface area contributed by atoms with Gasteiger partial charge in [0.25, 0.3) is 0 Å². The number of hydrogen-bond donors (Lipinski definition) is 1. The molecule has 2 heterocycles. The lowest BCUT2D eigenvalue weighted by Crippen LogP contribution is -2.60. The van der Waals surface area contributed by atoms with Crippen LogP contribution in [0.3, 0.4) is 0 Å². The summed E-state index contributed by atoms with van der Waals surface area (Å²) in [5.41, 5.74) is -0.796. The summed E-state index contributed by atoms with van der Waals surface area (Å²) in [6.45, 7) is 4.26. The first-order valence-corrected chi connectivity index (χ1v) is 10.7. The number of carbonyl (C=O) groups is 1. The zero-order chi connectivity index (χ0) is 22.2. The molecule has 0 radical (unpaired) electrons. The van der Waals surface area contributed by atoms with Crippen LogP contribution in [0.2, 0.25) is 0 Å². The summed E-state index contributed by atoms with van der Waals surface area (Å²) in [7, 11) is 0. The lowest BCUT2D eigenvalue weighted by molar-refractivity contribution is -0.137. The van der Waals surface area contributed by atoms with Crippen LogP contribution in [0.1, 0.15) is 38.2 Å². The maximum atomic E-state index is 13.0. The number of piperazine rings is 1. The van der Waals surface area contributed by atoms with Crippen molar-refractivity contribution < 1.29 is 18.0 Å². The number of carbonyl (C=O) groups excluding carboxylic acids is 1. The minimum Gasteiger partial charge on any atom is -0.368 e. The van der Waals surface area contributed by atoms with Gasteiger partial charge in [0.05, 0.1) is 17.2 Å². The molecule has 166 valence electrons. The first-order valence-electron chi connectivity index (χ1n) is 10.7. The highest BCUT2D eigenvalue weighted by molar-refractivity contribution is 6.02. The lowest BCUT2D eigenvalue weighted by atomic mass is 9.70. The van der Waals surface area contributed by atoms with Gasteiger partial charge in [0.1, 0.15) is 0 Å². The summed E-state index contributed by atoms with van der Waals surface area (Å²) in [4.78, 5) is 21.5. The predicted molar refractivity (Wildman–Crippen MR) is 110 cm³/mol. The second kappa shape index (κ2) is 8.06. The van der Waals surface area contributed by atoms with E-state index >= 15 is 0 Å². The molecule has 1 aromatic rings. The molecule has 0 aromatic heterocycles. The van der Waals surface area contributed by atoms with Crippen LogP contribution < -0.4 is 10.2 Å². The van der Waals surface area contributed by atoms with Gasteiger partial charge in [-0.3, -0.25) is 10.1 Å². The van der Waals surface area contributed by atoms with Crippen molar-refractivity contribution in [2.24, 2.45) is 16.8 Å². The SMILES string of the molecule is CC1CCC2(CC1)N=C(N1CCN(c3cccc(C(F)(F)F)c3)CC1)NC(=O)C2C#N. The van der Waals surface area contributed by atoms with Gasteiger partial charge in [-0.15, -0.1) is 0 Å². The third kappa shape index (κ3) is 4.21. The van der Waals surface area contributed by atoms with Crippen LogP contribution in [0.4, 0.5) is 18.9 Å². The number of hydrogen-bond acceptors (Lipinski definition) is 5. The molecule has 1 aromatic carbocycles. The topological polar surface area (TPSA) is 71.7 Å². The third-order valence-electron chi connectivity index (χ3n) is 6.75. The Kier molecular flexibility index (Phi) is 5.58. The molecule has 1 aliphatic carbocycles. The maximum absolute atomic E-state index is 13.0. The van der Waals surface area contributed by atoms with E-state index in [2.05, 4.69) is 18.3 Å². The van der Waals surface area contributed by atoms with Gasteiger partial charge in [0, 0.05) is 31.9 Å². The standard InChI is InChI=1S/C22H26F3N5O/c1-15-5-7-21(8-6-15)18(14-26)19(31)27-20(28-21)30-11-9-29(10-12-30)17-4-2-3-16(13-17)22(23,24)25/h2-4,13,15,18H,5-12H2,1H3,(H,27,28,31). The van der Waals surface area contributed by atoms with Crippen LogP contribution in [0.25, 0.3) is 0 Å². The summed E-state index contributed by atoms with van der Waals surface area (Å²) >= 11 is 0. The van der Waals surface area contributed by atoms with Gasteiger partial charge in [-0.2, -0.15) is 18.4 Å². The fraction of sp³-hybridized carbons (Fsp3) is 0.591. The summed E-state index contributed by atoms with van der Waals surface area (Å²) in [6.07, 6.45) is -1.07. The lowest BCUT2D eigenvalue weighted by Gasteiger charge is -2.45. The molecule has 3 aliphatic rings. The average molecular weight is 433 g/mol. The van der Waals surface area contributed by atoms with Crippen molar-refractivity contribution in [1.29, 1.82) is 5.26 Å². The number of amides is 1. The second-order valence-electron chi connectivity index (χ2n) is 8.80. The number of nitriles is 1. The molecule has 1 spiro atoms. The van der Waals surface area contributed by atoms with E-state index in [1.165, 1.54) is 12.1 Å². The Morgan fingerprint density at radius 3 is 2.42 bits per heavy atom. The van der Waals surface area contributed by atoms with E-state index in [0.29, 0.717) is 56.6 Å². The maximum Gasteiger partial charge on any atom is 0.416 e. The zero-order valence-corrected chi connectivity index (χ0v) is 17.5. The summed E-state index contributed by atoms with van der Waals surface area (Å²) in [5, 5.41) is 12.4. The fourth-order valence-electron chi connectivity index (χ4n) is 4.78. The van der Waals surface area contributed by atoms with Gasteiger partial charge in [-0.05, 0) is 49.8 Å².